The second-order valence-corrected chi connectivity index (χ2v) is 9.06. The van der Waals surface area contributed by atoms with E-state index < -0.39 is 0 Å². The quantitative estimate of drug-likeness (QED) is 0.318. The van der Waals surface area contributed by atoms with Crippen molar-refractivity contribution in [2.24, 2.45) is 4.99 Å². The number of hydrogen-bond acceptors (Lipinski definition) is 4. The molecule has 7 heteroatoms. The Labute approximate surface area is 201 Å². The van der Waals surface area contributed by atoms with Crippen molar-refractivity contribution in [2.45, 2.75) is 31.2 Å². The highest BCUT2D eigenvalue weighted by Crippen LogP contribution is 2.48. The van der Waals surface area contributed by atoms with Crippen molar-refractivity contribution < 1.29 is 4.74 Å². The van der Waals surface area contributed by atoms with Gasteiger partial charge in [0.25, 0.3) is 0 Å². The molecule has 1 aliphatic carbocycles. The van der Waals surface area contributed by atoms with E-state index >= 15 is 0 Å². The van der Waals surface area contributed by atoms with E-state index in [9.17, 15) is 0 Å². The molecule has 1 unspecified atom stereocenters. The van der Waals surface area contributed by atoms with Crippen molar-refractivity contribution >= 4 is 41.3 Å². The van der Waals surface area contributed by atoms with Crippen molar-refractivity contribution in [1.82, 2.24) is 15.5 Å². The summed E-state index contributed by atoms with van der Waals surface area (Å²) in [6.07, 6.45) is 2.49. The van der Waals surface area contributed by atoms with Crippen LogP contribution in [0.3, 0.4) is 0 Å². The van der Waals surface area contributed by atoms with Gasteiger partial charge in [-0.15, -0.1) is 35.3 Å². The van der Waals surface area contributed by atoms with Crippen molar-refractivity contribution in [3.63, 3.8) is 0 Å². The number of hydrogen-bond donors (Lipinski definition) is 2. The molecule has 1 aromatic carbocycles. The lowest BCUT2D eigenvalue weighted by Gasteiger charge is -2.34. The average Bonchev–Trinajstić information content (AvgIpc) is 3.35. The molecule has 164 valence electrons. The summed E-state index contributed by atoms with van der Waals surface area (Å²) < 4.78 is 5.55. The number of rotatable bonds is 7. The fourth-order valence-corrected chi connectivity index (χ4v) is 5.17. The van der Waals surface area contributed by atoms with Gasteiger partial charge in [0.2, 0.25) is 0 Å². The first kappa shape index (κ1) is 23.5. The van der Waals surface area contributed by atoms with Gasteiger partial charge in [-0.25, -0.2) is 0 Å². The highest BCUT2D eigenvalue weighted by molar-refractivity contribution is 14.0. The summed E-state index contributed by atoms with van der Waals surface area (Å²) >= 11 is 1.83. The number of guanidine groups is 1. The minimum atomic E-state index is 0. The van der Waals surface area contributed by atoms with E-state index in [4.69, 9.17) is 4.74 Å². The summed E-state index contributed by atoms with van der Waals surface area (Å²) in [6.45, 7) is 7.58. The Morgan fingerprint density at radius 2 is 1.93 bits per heavy atom. The van der Waals surface area contributed by atoms with Crippen molar-refractivity contribution in [3.05, 3.63) is 57.8 Å². The van der Waals surface area contributed by atoms with Crippen LogP contribution in [-0.2, 0) is 10.2 Å². The minimum Gasteiger partial charge on any atom is -0.379 e. The second-order valence-electron chi connectivity index (χ2n) is 8.08. The van der Waals surface area contributed by atoms with E-state index in [1.807, 2.05) is 18.4 Å². The Kier molecular flexibility index (Phi) is 8.56. The molecular formula is C23H33IN4OS. The third-order valence-electron chi connectivity index (χ3n) is 6.21. The smallest absolute Gasteiger partial charge is 0.191 e. The minimum absolute atomic E-state index is 0. The van der Waals surface area contributed by atoms with Gasteiger partial charge in [-0.1, -0.05) is 30.3 Å². The van der Waals surface area contributed by atoms with Crippen molar-refractivity contribution in [3.8, 4) is 0 Å². The molecule has 1 saturated carbocycles. The molecule has 1 atom stereocenters. The molecule has 30 heavy (non-hydrogen) atoms. The number of nitrogens with zero attached hydrogens (tertiary/aromatic N) is 2. The Morgan fingerprint density at radius 3 is 2.57 bits per heavy atom. The molecular weight excluding hydrogens is 507 g/mol. The molecule has 4 rings (SSSR count). The number of ether oxygens (including phenoxy) is 1. The van der Waals surface area contributed by atoms with Gasteiger partial charge in [0.1, 0.15) is 0 Å². The summed E-state index contributed by atoms with van der Waals surface area (Å²) in [6, 6.07) is 13.5. The number of benzene rings is 1. The number of aryl methyl sites for hydroxylation is 1. The van der Waals surface area contributed by atoms with Crippen LogP contribution >= 0.6 is 35.3 Å². The molecule has 0 bridgehead atoms. The Balaban J connectivity index is 0.00000256. The fourth-order valence-electron chi connectivity index (χ4n) is 4.31. The average molecular weight is 541 g/mol. The summed E-state index contributed by atoms with van der Waals surface area (Å²) in [4.78, 5) is 8.40. The lowest BCUT2D eigenvalue weighted by molar-refractivity contribution is 0.0177. The van der Waals surface area contributed by atoms with Gasteiger partial charge >= 0.3 is 0 Å². The molecule has 1 saturated heterocycles. The van der Waals surface area contributed by atoms with Gasteiger partial charge in [-0.3, -0.25) is 9.89 Å². The normalized spacial score (nSPS) is 19.6. The number of nitrogens with one attached hydrogen (secondary N) is 2. The van der Waals surface area contributed by atoms with E-state index in [1.165, 1.54) is 28.8 Å². The predicted octanol–water partition coefficient (Wildman–Crippen LogP) is 3.94. The van der Waals surface area contributed by atoms with E-state index in [1.54, 1.807) is 0 Å². The van der Waals surface area contributed by atoms with E-state index in [0.717, 1.165) is 45.4 Å². The van der Waals surface area contributed by atoms with Crippen LogP contribution < -0.4 is 10.6 Å². The molecule has 1 aliphatic heterocycles. The molecule has 2 aliphatic rings. The molecule has 0 radical (unpaired) electrons. The maximum atomic E-state index is 5.55. The van der Waals surface area contributed by atoms with Crippen LogP contribution in [0.2, 0.25) is 0 Å². The molecule has 2 fully saturated rings. The molecule has 0 spiro atoms. The van der Waals surface area contributed by atoms with Gasteiger partial charge in [0, 0.05) is 43.5 Å². The first-order valence-corrected chi connectivity index (χ1v) is 11.5. The second kappa shape index (κ2) is 10.9. The van der Waals surface area contributed by atoms with E-state index in [-0.39, 0.29) is 29.4 Å². The zero-order chi connectivity index (χ0) is 20.1. The lowest BCUT2D eigenvalue weighted by atomic mass is 9.92. The maximum absolute atomic E-state index is 5.55. The Hall–Kier alpha value is -1.16. The van der Waals surface area contributed by atoms with Gasteiger partial charge in [0.15, 0.2) is 5.96 Å². The van der Waals surface area contributed by atoms with Crippen LogP contribution in [0.1, 0.15) is 34.9 Å². The topological polar surface area (TPSA) is 48.9 Å². The molecule has 2 N–H and O–H groups in total. The summed E-state index contributed by atoms with van der Waals surface area (Å²) in [5, 5.41) is 9.35. The maximum Gasteiger partial charge on any atom is 0.191 e. The Morgan fingerprint density at radius 1 is 1.17 bits per heavy atom. The molecule has 0 amide bonds. The van der Waals surface area contributed by atoms with Gasteiger partial charge in [0.05, 0.1) is 19.3 Å². The fraction of sp³-hybridized carbons (Fsp3) is 0.522. The van der Waals surface area contributed by atoms with Gasteiger partial charge in [-0.05, 0) is 42.3 Å². The Bertz CT molecular complexity index is 816. The van der Waals surface area contributed by atoms with Gasteiger partial charge < -0.3 is 15.4 Å². The van der Waals surface area contributed by atoms with E-state index in [2.05, 4.69) is 69.2 Å². The molecule has 2 heterocycles. The molecule has 1 aromatic heterocycles. The zero-order valence-electron chi connectivity index (χ0n) is 17.9. The van der Waals surface area contributed by atoms with Crippen LogP contribution in [0.4, 0.5) is 0 Å². The summed E-state index contributed by atoms with van der Waals surface area (Å²) in [5.41, 5.74) is 3.13. The highest BCUT2D eigenvalue weighted by Gasteiger charge is 2.44. The molecule has 5 nitrogen and oxygen atoms in total. The summed E-state index contributed by atoms with van der Waals surface area (Å²) in [7, 11) is 1.86. The third-order valence-corrected chi connectivity index (χ3v) is 7.18. The standard InChI is InChI=1S/C23H32N4OS.HI/c1-18-6-3-4-7-19(18)23(9-10-23)17-26-22(24-2)25-16-20(21-8-5-15-29-21)27-11-13-28-14-12-27;/h3-8,15,20H,9-14,16-17H2,1-2H3,(H2,24,25,26);1H. The summed E-state index contributed by atoms with van der Waals surface area (Å²) in [5.74, 6) is 0.889. The number of halogens is 1. The SMILES string of the molecule is CN=C(NCC(c1cccs1)N1CCOCC1)NCC1(c2ccccc2C)CC1.I. The first-order chi connectivity index (χ1) is 14.2. The molecule has 2 aromatic rings. The van der Waals surface area contributed by atoms with Crippen LogP contribution in [0.15, 0.2) is 46.8 Å². The zero-order valence-corrected chi connectivity index (χ0v) is 21.0. The number of morpholine rings is 1. The lowest BCUT2D eigenvalue weighted by Crippen LogP contribution is -2.47. The van der Waals surface area contributed by atoms with E-state index in [0.29, 0.717) is 6.04 Å². The monoisotopic (exact) mass is 540 g/mol. The van der Waals surface area contributed by atoms with Crippen LogP contribution in [0.5, 0.6) is 0 Å². The predicted molar refractivity (Wildman–Crippen MR) is 136 cm³/mol. The number of thiophene rings is 1. The third kappa shape index (κ3) is 5.55. The van der Waals surface area contributed by atoms with Crippen LogP contribution in [0.25, 0.3) is 0 Å². The van der Waals surface area contributed by atoms with Crippen molar-refractivity contribution in [1.29, 1.82) is 0 Å². The highest BCUT2D eigenvalue weighted by atomic mass is 127. The first-order valence-electron chi connectivity index (χ1n) is 10.6. The largest absolute Gasteiger partial charge is 0.379 e. The van der Waals surface area contributed by atoms with Crippen molar-refractivity contribution in [2.75, 3.05) is 46.4 Å². The number of aliphatic imine (C=N–C) groups is 1. The van der Waals surface area contributed by atoms with Gasteiger partial charge in [-0.2, -0.15) is 0 Å². The van der Waals surface area contributed by atoms with Crippen LogP contribution in [-0.4, -0.2) is 57.3 Å². The van der Waals surface area contributed by atoms with Crippen LogP contribution in [0, 0.1) is 6.92 Å².